The van der Waals surface area contributed by atoms with Crippen molar-refractivity contribution >= 4 is 11.9 Å². The van der Waals surface area contributed by atoms with Crippen LogP contribution in [0.5, 0.6) is 0 Å². The van der Waals surface area contributed by atoms with Gasteiger partial charge in [-0.2, -0.15) is 0 Å². The molecule has 1 atom stereocenters. The summed E-state index contributed by atoms with van der Waals surface area (Å²) in [5.74, 6) is 0.589. The largest absolute Gasteiger partial charge is 0.378 e. The van der Waals surface area contributed by atoms with E-state index >= 15 is 0 Å². The summed E-state index contributed by atoms with van der Waals surface area (Å²) >= 11 is 0. The van der Waals surface area contributed by atoms with Gasteiger partial charge in [0.25, 0.3) is 5.91 Å². The van der Waals surface area contributed by atoms with Crippen molar-refractivity contribution in [1.29, 1.82) is 0 Å². The molecule has 3 heterocycles. The van der Waals surface area contributed by atoms with E-state index in [-0.39, 0.29) is 17.4 Å². The standard InChI is InChI=1S/C20H25N5O2/c1-20(2)11-16(23-18(26)15-5-3-4-6-21-15)14-13-22-19(24-17(14)12-20)25-7-9-27-10-8-25/h3-6,13,16H,7-12H2,1-2H3,(H,23,26)/t16-/m0/s1. The fourth-order valence-electron chi connectivity index (χ4n) is 3.81. The Morgan fingerprint density at radius 1 is 1.26 bits per heavy atom. The van der Waals surface area contributed by atoms with Gasteiger partial charge in [0.15, 0.2) is 0 Å². The van der Waals surface area contributed by atoms with Gasteiger partial charge in [-0.15, -0.1) is 0 Å². The second kappa shape index (κ2) is 7.23. The monoisotopic (exact) mass is 367 g/mol. The van der Waals surface area contributed by atoms with Crippen molar-refractivity contribution in [3.63, 3.8) is 0 Å². The highest BCUT2D eigenvalue weighted by atomic mass is 16.5. The van der Waals surface area contributed by atoms with Gasteiger partial charge in [-0.05, 0) is 30.4 Å². The van der Waals surface area contributed by atoms with Crippen LogP contribution in [0.25, 0.3) is 0 Å². The number of ether oxygens (including phenoxy) is 1. The summed E-state index contributed by atoms with van der Waals surface area (Å²) in [7, 11) is 0. The minimum Gasteiger partial charge on any atom is -0.378 e. The normalized spacial score (nSPS) is 21.4. The minimum absolute atomic E-state index is 0.0473. The number of carbonyl (C=O) groups excluding carboxylic acids is 1. The van der Waals surface area contributed by atoms with E-state index in [0.717, 1.165) is 43.1 Å². The topological polar surface area (TPSA) is 80.2 Å². The lowest BCUT2D eigenvalue weighted by Crippen LogP contribution is -2.39. The molecule has 2 aliphatic rings. The second-order valence-electron chi connectivity index (χ2n) is 7.96. The molecule has 0 radical (unpaired) electrons. The first-order valence-corrected chi connectivity index (χ1v) is 9.42. The molecule has 7 heteroatoms. The number of morpholine rings is 1. The first-order chi connectivity index (χ1) is 13.0. The zero-order valence-corrected chi connectivity index (χ0v) is 15.8. The number of hydrogen-bond acceptors (Lipinski definition) is 6. The number of anilines is 1. The summed E-state index contributed by atoms with van der Waals surface area (Å²) in [5.41, 5.74) is 2.50. The zero-order valence-electron chi connectivity index (χ0n) is 15.8. The lowest BCUT2D eigenvalue weighted by atomic mass is 9.74. The van der Waals surface area contributed by atoms with Crippen LogP contribution in [-0.4, -0.2) is 47.2 Å². The third-order valence-corrected chi connectivity index (χ3v) is 5.16. The molecule has 0 spiro atoms. The molecule has 1 amide bonds. The first-order valence-electron chi connectivity index (χ1n) is 9.42. The van der Waals surface area contributed by atoms with Crippen LogP contribution in [0.2, 0.25) is 0 Å². The summed E-state index contributed by atoms with van der Waals surface area (Å²) in [5, 5.41) is 3.13. The lowest BCUT2D eigenvalue weighted by molar-refractivity contribution is 0.0913. The number of amides is 1. The maximum Gasteiger partial charge on any atom is 0.270 e. The third-order valence-electron chi connectivity index (χ3n) is 5.16. The van der Waals surface area contributed by atoms with Gasteiger partial charge in [0.1, 0.15) is 5.69 Å². The molecule has 2 aromatic rings. The zero-order chi connectivity index (χ0) is 18.9. The molecule has 0 unspecified atom stereocenters. The first kappa shape index (κ1) is 17.9. The Hall–Kier alpha value is -2.54. The summed E-state index contributed by atoms with van der Waals surface area (Å²) in [6, 6.07) is 5.23. The van der Waals surface area contributed by atoms with E-state index in [0.29, 0.717) is 18.9 Å². The van der Waals surface area contributed by atoms with E-state index in [1.165, 1.54) is 0 Å². The SMILES string of the molecule is CC1(C)Cc2nc(N3CCOCC3)ncc2[C@@H](NC(=O)c2ccccn2)C1. The van der Waals surface area contributed by atoms with Crippen molar-refractivity contribution < 1.29 is 9.53 Å². The Labute approximate surface area is 159 Å². The Balaban J connectivity index is 1.60. The van der Waals surface area contributed by atoms with Crippen LogP contribution in [0.15, 0.2) is 30.6 Å². The highest BCUT2D eigenvalue weighted by Crippen LogP contribution is 2.40. The third kappa shape index (κ3) is 3.93. The Morgan fingerprint density at radius 2 is 2.07 bits per heavy atom. The molecule has 0 bridgehead atoms. The van der Waals surface area contributed by atoms with Crippen LogP contribution in [-0.2, 0) is 11.2 Å². The Bertz CT molecular complexity index is 818. The number of rotatable bonds is 3. The van der Waals surface area contributed by atoms with Crippen LogP contribution < -0.4 is 10.2 Å². The summed E-state index contributed by atoms with van der Waals surface area (Å²) in [4.78, 5) is 28.4. The number of aromatic nitrogens is 3. The van der Waals surface area contributed by atoms with Crippen molar-refractivity contribution in [3.05, 3.63) is 47.5 Å². The Morgan fingerprint density at radius 3 is 2.81 bits per heavy atom. The van der Waals surface area contributed by atoms with Crippen molar-refractivity contribution in [3.8, 4) is 0 Å². The molecule has 1 aliphatic carbocycles. The number of nitrogens with one attached hydrogen (secondary N) is 1. The highest BCUT2D eigenvalue weighted by molar-refractivity contribution is 5.92. The molecule has 2 aromatic heterocycles. The van der Waals surface area contributed by atoms with Crippen LogP contribution in [0.3, 0.4) is 0 Å². The molecule has 142 valence electrons. The molecule has 4 rings (SSSR count). The summed E-state index contributed by atoms with van der Waals surface area (Å²) in [6.45, 7) is 7.45. The van der Waals surface area contributed by atoms with E-state index in [2.05, 4.69) is 34.0 Å². The van der Waals surface area contributed by atoms with Gasteiger partial charge in [-0.3, -0.25) is 9.78 Å². The van der Waals surface area contributed by atoms with Crippen LogP contribution in [0.4, 0.5) is 5.95 Å². The predicted octanol–water partition coefficient (Wildman–Crippen LogP) is 2.15. The van der Waals surface area contributed by atoms with Gasteiger partial charge in [-0.1, -0.05) is 19.9 Å². The minimum atomic E-state index is -0.165. The number of hydrogen-bond donors (Lipinski definition) is 1. The molecular weight excluding hydrogens is 342 g/mol. The maximum absolute atomic E-state index is 12.6. The smallest absolute Gasteiger partial charge is 0.270 e. The van der Waals surface area contributed by atoms with Crippen molar-refractivity contribution in [1.82, 2.24) is 20.3 Å². The molecule has 7 nitrogen and oxygen atoms in total. The second-order valence-corrected chi connectivity index (χ2v) is 7.96. The molecule has 1 fully saturated rings. The molecule has 0 saturated carbocycles. The van der Waals surface area contributed by atoms with Crippen LogP contribution in [0, 0.1) is 5.41 Å². The maximum atomic E-state index is 12.6. The number of nitrogens with zero attached hydrogens (tertiary/aromatic N) is 4. The van der Waals surface area contributed by atoms with E-state index in [1.54, 1.807) is 18.3 Å². The number of carbonyl (C=O) groups is 1. The fraction of sp³-hybridized carbons (Fsp3) is 0.500. The molecule has 1 aliphatic heterocycles. The number of fused-ring (bicyclic) bond motifs is 1. The predicted molar refractivity (Wildman–Crippen MR) is 102 cm³/mol. The van der Waals surface area contributed by atoms with Crippen molar-refractivity contribution in [2.24, 2.45) is 5.41 Å². The van der Waals surface area contributed by atoms with Crippen molar-refractivity contribution in [2.45, 2.75) is 32.7 Å². The molecule has 1 saturated heterocycles. The average molecular weight is 367 g/mol. The van der Waals surface area contributed by atoms with E-state index in [9.17, 15) is 4.79 Å². The fourth-order valence-corrected chi connectivity index (χ4v) is 3.81. The number of pyridine rings is 1. The summed E-state index contributed by atoms with van der Waals surface area (Å²) < 4.78 is 5.42. The van der Waals surface area contributed by atoms with Gasteiger partial charge in [0, 0.05) is 31.0 Å². The molecule has 0 aromatic carbocycles. The van der Waals surface area contributed by atoms with Crippen molar-refractivity contribution in [2.75, 3.05) is 31.2 Å². The molecular formula is C20H25N5O2. The van der Waals surface area contributed by atoms with Crippen LogP contribution in [0.1, 0.15) is 48.1 Å². The van der Waals surface area contributed by atoms with E-state index in [4.69, 9.17) is 9.72 Å². The average Bonchev–Trinajstić information content (AvgIpc) is 2.68. The molecule has 27 heavy (non-hydrogen) atoms. The molecule has 1 N–H and O–H groups in total. The van der Waals surface area contributed by atoms with Gasteiger partial charge in [0.05, 0.1) is 24.9 Å². The van der Waals surface area contributed by atoms with E-state index < -0.39 is 0 Å². The lowest BCUT2D eigenvalue weighted by Gasteiger charge is -2.37. The van der Waals surface area contributed by atoms with Gasteiger partial charge < -0.3 is 15.0 Å². The highest BCUT2D eigenvalue weighted by Gasteiger charge is 2.35. The van der Waals surface area contributed by atoms with Gasteiger partial charge in [0.2, 0.25) is 5.95 Å². The van der Waals surface area contributed by atoms with Gasteiger partial charge in [-0.25, -0.2) is 9.97 Å². The van der Waals surface area contributed by atoms with Gasteiger partial charge >= 0.3 is 0 Å². The quantitative estimate of drug-likeness (QED) is 0.895. The Kier molecular flexibility index (Phi) is 4.78. The van der Waals surface area contributed by atoms with E-state index in [1.807, 2.05) is 12.3 Å². The summed E-state index contributed by atoms with van der Waals surface area (Å²) in [6.07, 6.45) is 5.23. The van der Waals surface area contributed by atoms with Crippen LogP contribution >= 0.6 is 0 Å².